The second-order valence-electron chi connectivity index (χ2n) is 3.50. The van der Waals surface area contributed by atoms with Crippen molar-refractivity contribution in [3.8, 4) is 0 Å². The molecule has 0 rings (SSSR count). The molecule has 0 spiro atoms. The number of hydrogen-bond donors (Lipinski definition) is 2. The molecule has 2 N–H and O–H groups in total. The van der Waals surface area contributed by atoms with Gasteiger partial charge in [0.05, 0.1) is 13.2 Å². The Kier molecular flexibility index (Phi) is 7.17. The van der Waals surface area contributed by atoms with Crippen LogP contribution in [0.3, 0.4) is 0 Å². The summed E-state index contributed by atoms with van der Waals surface area (Å²) in [6.07, 6.45) is 3.83. The van der Waals surface area contributed by atoms with Gasteiger partial charge in [-0.25, -0.2) is 9.78 Å². The zero-order chi connectivity index (χ0) is 10.2. The van der Waals surface area contributed by atoms with E-state index in [9.17, 15) is 0 Å². The molecular formula is C9H20O4. The van der Waals surface area contributed by atoms with Gasteiger partial charge in [-0.15, -0.1) is 0 Å². The Hall–Kier alpha value is -0.160. The third kappa shape index (κ3) is 4.57. The minimum Gasteiger partial charge on any atom is -0.252 e. The van der Waals surface area contributed by atoms with Gasteiger partial charge < -0.3 is 0 Å². The molecule has 0 unspecified atom stereocenters. The molecule has 0 radical (unpaired) electrons. The molecule has 4 nitrogen and oxygen atoms in total. The van der Waals surface area contributed by atoms with Gasteiger partial charge in [0.15, 0.2) is 0 Å². The maximum Gasteiger partial charge on any atom is 0.0899 e. The molecule has 0 aliphatic carbocycles. The van der Waals surface area contributed by atoms with Gasteiger partial charge in [-0.2, -0.15) is 0 Å². The maximum atomic E-state index is 8.42. The molecule has 0 amide bonds. The molecule has 0 aromatic rings. The van der Waals surface area contributed by atoms with Crippen molar-refractivity contribution in [1.82, 2.24) is 0 Å². The molecular weight excluding hydrogens is 172 g/mol. The third-order valence-corrected chi connectivity index (χ3v) is 2.55. The first-order valence-corrected chi connectivity index (χ1v) is 4.77. The van der Waals surface area contributed by atoms with Crippen LogP contribution >= 0.6 is 0 Å². The smallest absolute Gasteiger partial charge is 0.0899 e. The van der Waals surface area contributed by atoms with E-state index >= 15 is 0 Å². The predicted octanol–water partition coefficient (Wildman–Crippen LogP) is 2.55. The van der Waals surface area contributed by atoms with Crippen LogP contribution < -0.4 is 0 Å². The Bertz CT molecular complexity index is 110. The molecule has 0 aromatic carbocycles. The predicted molar refractivity (Wildman–Crippen MR) is 49.4 cm³/mol. The summed E-state index contributed by atoms with van der Waals surface area (Å²) in [5, 5.41) is 16.8. The van der Waals surface area contributed by atoms with Crippen LogP contribution in [0.4, 0.5) is 0 Å². The lowest BCUT2D eigenvalue weighted by molar-refractivity contribution is -0.301. The van der Waals surface area contributed by atoms with E-state index in [-0.39, 0.29) is 18.6 Å². The molecule has 80 valence electrons. The topological polar surface area (TPSA) is 58.9 Å². The van der Waals surface area contributed by atoms with Gasteiger partial charge >= 0.3 is 0 Å². The van der Waals surface area contributed by atoms with E-state index in [0.29, 0.717) is 0 Å². The van der Waals surface area contributed by atoms with Gasteiger partial charge in [0, 0.05) is 5.41 Å². The van der Waals surface area contributed by atoms with Crippen LogP contribution in [0.25, 0.3) is 0 Å². The minimum atomic E-state index is -0.250. The van der Waals surface area contributed by atoms with Crippen molar-refractivity contribution < 1.29 is 20.3 Å². The number of hydrogen-bond acceptors (Lipinski definition) is 4. The normalized spacial score (nSPS) is 12.0. The van der Waals surface area contributed by atoms with Crippen LogP contribution in [0.15, 0.2) is 0 Å². The van der Waals surface area contributed by atoms with E-state index in [2.05, 4.69) is 16.7 Å². The zero-order valence-corrected chi connectivity index (χ0v) is 8.45. The first-order valence-electron chi connectivity index (χ1n) is 4.77. The first kappa shape index (κ1) is 12.8. The Morgan fingerprint density at radius 3 is 1.92 bits per heavy atom. The van der Waals surface area contributed by atoms with Gasteiger partial charge in [-0.1, -0.05) is 26.7 Å². The van der Waals surface area contributed by atoms with Gasteiger partial charge in [0.2, 0.25) is 0 Å². The summed E-state index contributed by atoms with van der Waals surface area (Å²) >= 11 is 0. The van der Waals surface area contributed by atoms with Crippen LogP contribution in [0.2, 0.25) is 0 Å². The molecule has 0 aliphatic rings. The second kappa shape index (κ2) is 7.26. The van der Waals surface area contributed by atoms with E-state index in [4.69, 9.17) is 10.5 Å². The molecule has 0 heterocycles. The second-order valence-corrected chi connectivity index (χ2v) is 3.50. The summed E-state index contributed by atoms with van der Waals surface area (Å²) in [5.74, 6) is 0. The molecule has 0 bridgehead atoms. The summed E-state index contributed by atoms with van der Waals surface area (Å²) in [7, 11) is 0. The number of rotatable bonds is 8. The highest BCUT2D eigenvalue weighted by atomic mass is 17.1. The standard InChI is InChI=1S/C9H20O4/c1-3-5-6-9(4-2,7-12-10)8-13-11/h10-11H,3-8H2,1-2H3. The summed E-state index contributed by atoms with van der Waals surface area (Å²) in [6.45, 7) is 4.52. The zero-order valence-electron chi connectivity index (χ0n) is 8.45. The van der Waals surface area contributed by atoms with Crippen LogP contribution in [0, 0.1) is 5.41 Å². The first-order chi connectivity index (χ1) is 6.24. The SMILES string of the molecule is CCCCC(CC)(COO)COO. The van der Waals surface area contributed by atoms with Crippen LogP contribution in [0.1, 0.15) is 39.5 Å². The molecule has 0 saturated heterocycles. The largest absolute Gasteiger partial charge is 0.252 e. The lowest BCUT2D eigenvalue weighted by Crippen LogP contribution is -2.31. The van der Waals surface area contributed by atoms with Crippen LogP contribution in [0.5, 0.6) is 0 Å². The van der Waals surface area contributed by atoms with Gasteiger partial charge in [0.25, 0.3) is 0 Å². The lowest BCUT2D eigenvalue weighted by atomic mass is 9.82. The van der Waals surface area contributed by atoms with E-state index in [1.54, 1.807) is 0 Å². The van der Waals surface area contributed by atoms with Crippen molar-refractivity contribution in [2.75, 3.05) is 13.2 Å². The summed E-state index contributed by atoms with van der Waals surface area (Å²) in [6, 6.07) is 0. The van der Waals surface area contributed by atoms with Gasteiger partial charge in [-0.3, -0.25) is 10.5 Å². The average Bonchev–Trinajstić information content (AvgIpc) is 2.15. The fraction of sp³-hybridized carbons (Fsp3) is 1.00. The fourth-order valence-electron chi connectivity index (χ4n) is 1.39. The molecule has 0 atom stereocenters. The van der Waals surface area contributed by atoms with Crippen molar-refractivity contribution in [3.05, 3.63) is 0 Å². The number of unbranched alkanes of at least 4 members (excludes halogenated alkanes) is 1. The van der Waals surface area contributed by atoms with E-state index < -0.39 is 0 Å². The Balaban J connectivity index is 4.07. The summed E-state index contributed by atoms with van der Waals surface area (Å²) < 4.78 is 0. The van der Waals surface area contributed by atoms with Crippen LogP contribution in [-0.2, 0) is 9.78 Å². The summed E-state index contributed by atoms with van der Waals surface area (Å²) in [5.41, 5.74) is -0.250. The summed E-state index contributed by atoms with van der Waals surface area (Å²) in [4.78, 5) is 8.31. The molecule has 4 heteroatoms. The Labute approximate surface area is 79.3 Å². The monoisotopic (exact) mass is 192 g/mol. The molecule has 0 aliphatic heterocycles. The van der Waals surface area contributed by atoms with Crippen molar-refractivity contribution in [2.24, 2.45) is 5.41 Å². The highest BCUT2D eigenvalue weighted by molar-refractivity contribution is 4.76. The average molecular weight is 192 g/mol. The van der Waals surface area contributed by atoms with Gasteiger partial charge in [0.1, 0.15) is 0 Å². The van der Waals surface area contributed by atoms with Gasteiger partial charge in [-0.05, 0) is 12.8 Å². The lowest BCUT2D eigenvalue weighted by Gasteiger charge is -2.29. The Morgan fingerprint density at radius 2 is 1.62 bits per heavy atom. The van der Waals surface area contributed by atoms with E-state index in [1.807, 2.05) is 6.92 Å². The molecule has 0 fully saturated rings. The van der Waals surface area contributed by atoms with Crippen LogP contribution in [-0.4, -0.2) is 23.7 Å². The van der Waals surface area contributed by atoms with Crippen molar-refractivity contribution in [3.63, 3.8) is 0 Å². The van der Waals surface area contributed by atoms with E-state index in [1.165, 1.54) is 0 Å². The third-order valence-electron chi connectivity index (χ3n) is 2.55. The minimum absolute atomic E-state index is 0.212. The van der Waals surface area contributed by atoms with E-state index in [0.717, 1.165) is 25.7 Å². The highest BCUT2D eigenvalue weighted by Gasteiger charge is 2.28. The molecule has 13 heavy (non-hydrogen) atoms. The quantitative estimate of drug-likeness (QED) is 0.458. The molecule has 0 saturated carbocycles. The van der Waals surface area contributed by atoms with Crippen molar-refractivity contribution in [2.45, 2.75) is 39.5 Å². The fourth-order valence-corrected chi connectivity index (χ4v) is 1.39. The van der Waals surface area contributed by atoms with Crippen molar-refractivity contribution in [1.29, 1.82) is 0 Å². The highest BCUT2D eigenvalue weighted by Crippen LogP contribution is 2.29. The maximum absolute atomic E-state index is 8.42. The van der Waals surface area contributed by atoms with Crippen molar-refractivity contribution >= 4 is 0 Å². The Morgan fingerprint density at radius 1 is 1.08 bits per heavy atom. The molecule has 0 aromatic heterocycles.